The van der Waals surface area contributed by atoms with E-state index in [2.05, 4.69) is 211 Å². The summed E-state index contributed by atoms with van der Waals surface area (Å²) in [6, 6.07) is 70.9. The summed E-state index contributed by atoms with van der Waals surface area (Å²) in [4.78, 5) is 0. The van der Waals surface area contributed by atoms with E-state index in [-0.39, 0.29) is 12.1 Å². The Labute approximate surface area is 348 Å². The molecule has 0 bridgehead atoms. The highest BCUT2D eigenvalue weighted by Gasteiger charge is 2.44. The number of aromatic nitrogens is 2. The number of fused-ring (bicyclic) bond motifs is 12. The van der Waals surface area contributed by atoms with Crippen molar-refractivity contribution >= 4 is 66.6 Å². The van der Waals surface area contributed by atoms with Gasteiger partial charge in [0.05, 0.1) is 16.7 Å². The first-order valence-corrected chi connectivity index (χ1v) is 21.2. The van der Waals surface area contributed by atoms with Gasteiger partial charge in [0.15, 0.2) is 0 Å². The second-order valence-electron chi connectivity index (χ2n) is 17.6. The molecule has 0 amide bonds. The summed E-state index contributed by atoms with van der Waals surface area (Å²) in [5.74, 6) is 0. The molecule has 0 saturated heterocycles. The van der Waals surface area contributed by atoms with Gasteiger partial charge in [0.25, 0.3) is 6.71 Å². The summed E-state index contributed by atoms with van der Waals surface area (Å²) in [7, 11) is 0. The van der Waals surface area contributed by atoms with Crippen LogP contribution in [-0.4, -0.2) is 15.8 Å². The highest BCUT2D eigenvalue weighted by Crippen LogP contribution is 2.52. The number of rotatable bonds is 3. The van der Waals surface area contributed by atoms with E-state index in [0.29, 0.717) is 0 Å². The average Bonchev–Trinajstić information content (AvgIpc) is 3.90. The molecule has 14 rings (SSSR count). The maximum absolute atomic E-state index is 2.66. The maximum atomic E-state index is 2.66. The van der Waals surface area contributed by atoms with Crippen molar-refractivity contribution in [2.24, 2.45) is 0 Å². The summed E-state index contributed by atoms with van der Waals surface area (Å²) >= 11 is 0. The molecule has 4 heterocycles. The summed E-state index contributed by atoms with van der Waals surface area (Å²) in [5, 5.41) is 6.53. The zero-order valence-electron chi connectivity index (χ0n) is 33.4. The van der Waals surface area contributed by atoms with E-state index < -0.39 is 0 Å². The molecular formula is C57H37BN2. The Morgan fingerprint density at radius 1 is 0.417 bits per heavy atom. The first kappa shape index (κ1) is 32.6. The predicted molar refractivity (Wildman–Crippen MR) is 254 cm³/mol. The molecule has 0 atom stereocenters. The van der Waals surface area contributed by atoms with Crippen LogP contribution in [0.25, 0.3) is 99.5 Å². The molecule has 2 aliphatic heterocycles. The molecule has 60 heavy (non-hydrogen) atoms. The van der Waals surface area contributed by atoms with Crippen molar-refractivity contribution < 1.29 is 0 Å². The van der Waals surface area contributed by atoms with Gasteiger partial charge in [-0.15, -0.1) is 0 Å². The topological polar surface area (TPSA) is 9.86 Å². The molecule has 0 saturated carbocycles. The van der Waals surface area contributed by atoms with Crippen molar-refractivity contribution in [1.29, 1.82) is 0 Å². The summed E-state index contributed by atoms with van der Waals surface area (Å²) in [5.41, 5.74) is 23.4. The predicted octanol–water partition coefficient (Wildman–Crippen LogP) is 12.3. The van der Waals surface area contributed by atoms with E-state index in [4.69, 9.17) is 0 Å². The molecule has 1 aliphatic carbocycles. The van der Waals surface area contributed by atoms with Gasteiger partial charge >= 0.3 is 0 Å². The third-order valence-corrected chi connectivity index (χ3v) is 14.3. The Kier molecular flexibility index (Phi) is 6.21. The quantitative estimate of drug-likeness (QED) is 0.159. The van der Waals surface area contributed by atoms with Gasteiger partial charge in [-0.2, -0.15) is 0 Å². The summed E-state index contributed by atoms with van der Waals surface area (Å²) in [6.45, 7) is 4.81. The molecule has 3 heteroatoms. The summed E-state index contributed by atoms with van der Waals surface area (Å²) in [6.07, 6.45) is 0. The second kappa shape index (κ2) is 11.4. The molecular weight excluding hydrogens is 723 g/mol. The Morgan fingerprint density at radius 3 is 1.85 bits per heavy atom. The number of hydrogen-bond acceptors (Lipinski definition) is 0. The molecule has 0 unspecified atom stereocenters. The zero-order chi connectivity index (χ0) is 39.4. The SMILES string of the molecule is CC1(C)c2ccccc2-c2cc3c(cc21)c1cccc2c1n3-c1cc(-c3ccccc3)cc3c1B2c1c2ccccc2cc2c(-c4ccccc4)c(-c4ccccc4)n-3c12. The second-order valence-corrected chi connectivity index (χ2v) is 17.6. The summed E-state index contributed by atoms with van der Waals surface area (Å²) < 4.78 is 5.30. The van der Waals surface area contributed by atoms with Crippen LogP contribution in [0.5, 0.6) is 0 Å². The lowest BCUT2D eigenvalue weighted by molar-refractivity contribution is 0.661. The maximum Gasteiger partial charge on any atom is 0.253 e. The minimum Gasteiger partial charge on any atom is -0.310 e. The van der Waals surface area contributed by atoms with Gasteiger partial charge in [0, 0.05) is 44.0 Å². The molecule has 0 fully saturated rings. The van der Waals surface area contributed by atoms with Crippen LogP contribution < -0.4 is 16.4 Å². The molecule has 2 nitrogen and oxygen atoms in total. The van der Waals surface area contributed by atoms with Crippen molar-refractivity contribution in [3.63, 3.8) is 0 Å². The van der Waals surface area contributed by atoms with Gasteiger partial charge < -0.3 is 9.13 Å². The molecule has 9 aromatic carbocycles. The van der Waals surface area contributed by atoms with Gasteiger partial charge in [-0.05, 0) is 102 Å². The molecule has 3 aliphatic rings. The molecule has 0 spiro atoms. The minimum absolute atomic E-state index is 0.0209. The third kappa shape index (κ3) is 4.00. The van der Waals surface area contributed by atoms with Crippen molar-refractivity contribution in [2.75, 3.05) is 0 Å². The fourth-order valence-corrected chi connectivity index (χ4v) is 11.8. The van der Waals surface area contributed by atoms with Crippen LogP contribution in [0.3, 0.4) is 0 Å². The van der Waals surface area contributed by atoms with Gasteiger partial charge in [-0.3, -0.25) is 0 Å². The van der Waals surface area contributed by atoms with Crippen molar-refractivity contribution in [3.8, 4) is 56.0 Å². The number of para-hydroxylation sites is 1. The monoisotopic (exact) mass is 760 g/mol. The lowest BCUT2D eigenvalue weighted by atomic mass is 9.33. The van der Waals surface area contributed by atoms with Crippen LogP contribution in [-0.2, 0) is 5.41 Å². The highest BCUT2D eigenvalue weighted by atomic mass is 15.0. The van der Waals surface area contributed by atoms with Crippen LogP contribution in [0.15, 0.2) is 188 Å². The number of benzene rings is 9. The Balaban J connectivity index is 1.22. The lowest BCUT2D eigenvalue weighted by Gasteiger charge is -2.35. The van der Waals surface area contributed by atoms with Crippen LogP contribution in [0.2, 0.25) is 0 Å². The van der Waals surface area contributed by atoms with Crippen LogP contribution in [0.1, 0.15) is 25.0 Å². The van der Waals surface area contributed by atoms with Gasteiger partial charge in [-0.25, -0.2) is 0 Å². The number of hydrogen-bond donors (Lipinski definition) is 0. The van der Waals surface area contributed by atoms with Gasteiger partial charge in [-0.1, -0.05) is 172 Å². The molecule has 11 aromatic rings. The van der Waals surface area contributed by atoms with Crippen LogP contribution >= 0.6 is 0 Å². The molecule has 0 N–H and O–H groups in total. The smallest absolute Gasteiger partial charge is 0.253 e. The standard InChI is InChI=1S/C57H37BN2/c1-57(2)45-27-15-14-25-40(45)42-33-48-43(32-46(42)57)41-26-16-28-47-55(41)59(48)49-30-38(34-17-6-3-7-18-34)31-50-53(49)58(47)52-39-24-13-12-23-37(39)29-44-51(35-19-8-4-9-20-35)54(60(50)56(44)52)36-21-10-5-11-22-36/h3-33H,1-2H3. The van der Waals surface area contributed by atoms with E-state index in [1.165, 1.54) is 127 Å². The van der Waals surface area contributed by atoms with E-state index in [1.807, 2.05) is 0 Å². The van der Waals surface area contributed by atoms with Gasteiger partial charge in [0.2, 0.25) is 0 Å². The number of nitrogens with zero attached hydrogens (tertiary/aromatic N) is 2. The van der Waals surface area contributed by atoms with Crippen LogP contribution in [0.4, 0.5) is 0 Å². The van der Waals surface area contributed by atoms with Crippen molar-refractivity contribution in [1.82, 2.24) is 9.13 Å². The fraction of sp³-hybridized carbons (Fsp3) is 0.0526. The Hall–Kier alpha value is -7.36. The Morgan fingerprint density at radius 2 is 1.07 bits per heavy atom. The van der Waals surface area contributed by atoms with E-state index >= 15 is 0 Å². The van der Waals surface area contributed by atoms with E-state index in [0.717, 1.165) is 0 Å². The first-order chi connectivity index (χ1) is 29.6. The normalized spacial score (nSPS) is 13.9. The highest BCUT2D eigenvalue weighted by molar-refractivity contribution is 7.01. The first-order valence-electron chi connectivity index (χ1n) is 21.2. The van der Waals surface area contributed by atoms with Crippen molar-refractivity contribution in [3.05, 3.63) is 199 Å². The zero-order valence-corrected chi connectivity index (χ0v) is 33.4. The van der Waals surface area contributed by atoms with E-state index in [1.54, 1.807) is 0 Å². The molecule has 0 radical (unpaired) electrons. The molecule has 2 aromatic heterocycles. The average molecular weight is 761 g/mol. The fourth-order valence-electron chi connectivity index (χ4n) is 11.8. The molecule has 278 valence electrons. The lowest BCUT2D eigenvalue weighted by Crippen LogP contribution is -2.59. The van der Waals surface area contributed by atoms with Crippen molar-refractivity contribution in [2.45, 2.75) is 19.3 Å². The largest absolute Gasteiger partial charge is 0.310 e. The van der Waals surface area contributed by atoms with E-state index in [9.17, 15) is 0 Å². The minimum atomic E-state index is -0.0915. The Bertz CT molecular complexity index is 3670. The van der Waals surface area contributed by atoms with Gasteiger partial charge in [0.1, 0.15) is 0 Å². The van der Waals surface area contributed by atoms with Crippen LogP contribution in [0, 0.1) is 0 Å². The third-order valence-electron chi connectivity index (χ3n) is 14.3.